The lowest BCUT2D eigenvalue weighted by Crippen LogP contribution is -2.31. The summed E-state index contributed by atoms with van der Waals surface area (Å²) in [5.74, 6) is 2.32. The third kappa shape index (κ3) is 5.75. The van der Waals surface area contributed by atoms with Gasteiger partial charge < -0.3 is 20.1 Å². The van der Waals surface area contributed by atoms with Gasteiger partial charge in [0.15, 0.2) is 17.5 Å². The Morgan fingerprint density at radius 1 is 1.27 bits per heavy atom. The van der Waals surface area contributed by atoms with Crippen molar-refractivity contribution in [1.82, 2.24) is 5.32 Å². The molecule has 0 saturated carbocycles. The predicted octanol–water partition coefficient (Wildman–Crippen LogP) is 3.42. The van der Waals surface area contributed by atoms with Crippen molar-refractivity contribution >= 4 is 35.6 Å². The van der Waals surface area contributed by atoms with Crippen LogP contribution in [-0.2, 0) is 0 Å². The van der Waals surface area contributed by atoms with Crippen molar-refractivity contribution in [2.24, 2.45) is 4.99 Å². The zero-order chi connectivity index (χ0) is 14.9. The van der Waals surface area contributed by atoms with E-state index in [2.05, 4.69) is 21.7 Å². The van der Waals surface area contributed by atoms with Gasteiger partial charge in [-0.3, -0.25) is 4.99 Å². The first-order chi connectivity index (χ1) is 10.3. The van der Waals surface area contributed by atoms with E-state index in [1.165, 1.54) is 0 Å². The van der Waals surface area contributed by atoms with E-state index in [0.717, 1.165) is 42.5 Å². The van der Waals surface area contributed by atoms with Crippen LogP contribution in [-0.4, -0.2) is 32.8 Å². The molecule has 5 nitrogen and oxygen atoms in total. The molecule has 0 aromatic heterocycles. The summed E-state index contributed by atoms with van der Waals surface area (Å²) in [5.41, 5.74) is 0.929. The Kier molecular flexibility index (Phi) is 8.72. The maximum Gasteiger partial charge on any atom is 0.195 e. The zero-order valence-electron chi connectivity index (χ0n) is 13.1. The number of allylic oxidation sites excluding steroid dienone is 1. The van der Waals surface area contributed by atoms with Crippen molar-refractivity contribution in [3.05, 3.63) is 30.4 Å². The highest BCUT2D eigenvalue weighted by Crippen LogP contribution is 2.32. The highest BCUT2D eigenvalue weighted by Gasteiger charge is 2.11. The molecular formula is C16H24IN3O2. The van der Waals surface area contributed by atoms with Crippen molar-refractivity contribution in [2.75, 3.05) is 32.1 Å². The third-order valence-electron chi connectivity index (χ3n) is 3.07. The maximum absolute atomic E-state index is 5.68. The molecule has 2 N–H and O–H groups in total. The van der Waals surface area contributed by atoms with E-state index in [4.69, 9.17) is 9.47 Å². The number of anilines is 1. The quantitative estimate of drug-likeness (QED) is 0.259. The Balaban J connectivity index is 0.00000242. The fourth-order valence-corrected chi connectivity index (χ4v) is 2.00. The monoisotopic (exact) mass is 417 g/mol. The largest absolute Gasteiger partial charge is 0.490 e. The van der Waals surface area contributed by atoms with E-state index in [-0.39, 0.29) is 24.0 Å². The van der Waals surface area contributed by atoms with Gasteiger partial charge in [-0.1, -0.05) is 12.2 Å². The molecule has 122 valence electrons. The molecule has 0 saturated heterocycles. The van der Waals surface area contributed by atoms with Crippen LogP contribution in [0, 0.1) is 0 Å². The highest BCUT2D eigenvalue weighted by atomic mass is 127. The summed E-state index contributed by atoms with van der Waals surface area (Å²) in [5, 5.41) is 6.52. The summed E-state index contributed by atoms with van der Waals surface area (Å²) < 4.78 is 11.3. The first-order valence-corrected chi connectivity index (χ1v) is 7.32. The number of nitrogens with zero attached hydrogens (tertiary/aromatic N) is 1. The molecule has 1 aliphatic heterocycles. The first kappa shape index (κ1) is 18.6. The number of nitrogens with one attached hydrogen (secondary N) is 2. The fourth-order valence-electron chi connectivity index (χ4n) is 2.00. The van der Waals surface area contributed by atoms with Gasteiger partial charge in [-0.15, -0.1) is 24.0 Å². The topological polar surface area (TPSA) is 54.9 Å². The molecular weight excluding hydrogens is 393 g/mol. The second-order valence-corrected chi connectivity index (χ2v) is 4.69. The summed E-state index contributed by atoms with van der Waals surface area (Å²) in [6, 6.07) is 5.84. The second kappa shape index (κ2) is 10.3. The molecule has 0 aliphatic carbocycles. The minimum absolute atomic E-state index is 0. The number of rotatable bonds is 4. The van der Waals surface area contributed by atoms with E-state index in [0.29, 0.717) is 13.2 Å². The molecule has 0 radical (unpaired) electrons. The van der Waals surface area contributed by atoms with Gasteiger partial charge in [-0.05, 0) is 25.5 Å². The fraction of sp³-hybridized carbons (Fsp3) is 0.438. The summed E-state index contributed by atoms with van der Waals surface area (Å²) in [4.78, 5) is 4.21. The average molecular weight is 417 g/mol. The Morgan fingerprint density at radius 3 is 2.77 bits per heavy atom. The molecule has 0 unspecified atom stereocenters. The van der Waals surface area contributed by atoms with Gasteiger partial charge >= 0.3 is 0 Å². The van der Waals surface area contributed by atoms with Crippen LogP contribution in [0.4, 0.5) is 5.69 Å². The molecule has 0 spiro atoms. The number of ether oxygens (including phenoxy) is 2. The van der Waals surface area contributed by atoms with Crippen molar-refractivity contribution < 1.29 is 9.47 Å². The van der Waals surface area contributed by atoms with Crippen LogP contribution in [0.3, 0.4) is 0 Å². The summed E-state index contributed by atoms with van der Waals surface area (Å²) in [7, 11) is 1.76. The molecule has 1 aromatic carbocycles. The lowest BCUT2D eigenvalue weighted by atomic mass is 10.2. The van der Waals surface area contributed by atoms with Crippen molar-refractivity contribution in [1.29, 1.82) is 0 Å². The number of hydrogen-bond donors (Lipinski definition) is 2. The second-order valence-electron chi connectivity index (χ2n) is 4.69. The smallest absolute Gasteiger partial charge is 0.195 e. The van der Waals surface area contributed by atoms with E-state index in [1.807, 2.05) is 31.2 Å². The summed E-state index contributed by atoms with van der Waals surface area (Å²) in [6.45, 7) is 4.25. The van der Waals surface area contributed by atoms with Crippen molar-refractivity contribution in [3.63, 3.8) is 0 Å². The molecule has 1 aromatic rings. The Hall–Kier alpha value is -1.44. The number of aliphatic imine (C=N–C) groups is 1. The van der Waals surface area contributed by atoms with Crippen LogP contribution in [0.15, 0.2) is 35.3 Å². The molecule has 0 bridgehead atoms. The number of benzene rings is 1. The Morgan fingerprint density at radius 2 is 2.05 bits per heavy atom. The summed E-state index contributed by atoms with van der Waals surface area (Å²) >= 11 is 0. The van der Waals surface area contributed by atoms with Crippen LogP contribution in [0.5, 0.6) is 11.5 Å². The number of guanidine groups is 1. The van der Waals surface area contributed by atoms with E-state index in [9.17, 15) is 0 Å². The molecule has 0 atom stereocenters. The highest BCUT2D eigenvalue weighted by molar-refractivity contribution is 14.0. The number of halogens is 1. The molecule has 1 heterocycles. The first-order valence-electron chi connectivity index (χ1n) is 7.32. The van der Waals surface area contributed by atoms with Crippen LogP contribution in [0.25, 0.3) is 0 Å². The Labute approximate surface area is 149 Å². The third-order valence-corrected chi connectivity index (χ3v) is 3.07. The molecule has 2 rings (SSSR count). The van der Waals surface area contributed by atoms with Gasteiger partial charge in [0, 0.05) is 31.8 Å². The lowest BCUT2D eigenvalue weighted by Gasteiger charge is -2.13. The molecule has 0 amide bonds. The van der Waals surface area contributed by atoms with Crippen LogP contribution >= 0.6 is 24.0 Å². The van der Waals surface area contributed by atoms with Gasteiger partial charge in [0.25, 0.3) is 0 Å². The van der Waals surface area contributed by atoms with Crippen molar-refractivity contribution in [2.45, 2.75) is 19.8 Å². The zero-order valence-corrected chi connectivity index (χ0v) is 15.4. The van der Waals surface area contributed by atoms with Gasteiger partial charge in [-0.25, -0.2) is 0 Å². The van der Waals surface area contributed by atoms with E-state index >= 15 is 0 Å². The van der Waals surface area contributed by atoms with E-state index < -0.39 is 0 Å². The van der Waals surface area contributed by atoms with Crippen LogP contribution < -0.4 is 20.1 Å². The van der Waals surface area contributed by atoms with Gasteiger partial charge in [0.05, 0.1) is 13.2 Å². The van der Waals surface area contributed by atoms with Gasteiger partial charge in [-0.2, -0.15) is 0 Å². The number of fused-ring (bicyclic) bond motifs is 1. The predicted molar refractivity (Wildman–Crippen MR) is 102 cm³/mol. The molecule has 0 fully saturated rings. The average Bonchev–Trinajstić information content (AvgIpc) is 2.75. The SMILES string of the molecule is C/C=C/CCNC(=NC)Nc1ccc2c(c1)OCCCO2.I. The Bertz CT molecular complexity index is 518. The molecule has 1 aliphatic rings. The molecule has 22 heavy (non-hydrogen) atoms. The molecule has 6 heteroatoms. The van der Waals surface area contributed by atoms with Crippen LogP contribution in [0.1, 0.15) is 19.8 Å². The maximum atomic E-state index is 5.68. The van der Waals surface area contributed by atoms with Gasteiger partial charge in [0.2, 0.25) is 0 Å². The van der Waals surface area contributed by atoms with Crippen LogP contribution in [0.2, 0.25) is 0 Å². The van der Waals surface area contributed by atoms with E-state index in [1.54, 1.807) is 7.05 Å². The van der Waals surface area contributed by atoms with Gasteiger partial charge in [0.1, 0.15) is 0 Å². The minimum Gasteiger partial charge on any atom is -0.490 e. The normalized spacial score (nSPS) is 14.2. The lowest BCUT2D eigenvalue weighted by molar-refractivity contribution is 0.297. The minimum atomic E-state index is 0. The standard InChI is InChI=1S/C16H23N3O2.HI/c1-3-4-5-9-18-16(17-2)19-13-7-8-14-15(12-13)21-11-6-10-20-14;/h3-4,7-8,12H,5-6,9-11H2,1-2H3,(H2,17,18,19);1H/b4-3+;. The summed E-state index contributed by atoms with van der Waals surface area (Å²) in [6.07, 6.45) is 6.04. The number of hydrogen-bond acceptors (Lipinski definition) is 3. The van der Waals surface area contributed by atoms with Crippen molar-refractivity contribution in [3.8, 4) is 11.5 Å².